The van der Waals surface area contributed by atoms with E-state index in [0.717, 1.165) is 0 Å². The van der Waals surface area contributed by atoms with Crippen LogP contribution >= 0.6 is 0 Å². The van der Waals surface area contributed by atoms with E-state index >= 15 is 0 Å². The normalized spacial score (nSPS) is 28.2. The summed E-state index contributed by atoms with van der Waals surface area (Å²) in [5.74, 6) is -0.380. The summed E-state index contributed by atoms with van der Waals surface area (Å²) >= 11 is 0. The number of carbonyl (C=O) groups is 1. The van der Waals surface area contributed by atoms with Crippen LogP contribution in [0.3, 0.4) is 0 Å². The van der Waals surface area contributed by atoms with E-state index in [4.69, 9.17) is 22.8 Å². The van der Waals surface area contributed by atoms with Gasteiger partial charge in [0.1, 0.15) is 12.2 Å². The minimum absolute atomic E-state index is 0.334. The zero-order valence-corrected chi connectivity index (χ0v) is 21.2. The highest BCUT2D eigenvalue weighted by Crippen LogP contribution is 2.30. The molecule has 9 heteroatoms. The highest BCUT2D eigenvalue weighted by atomic mass is 28.4. The van der Waals surface area contributed by atoms with Crippen LogP contribution in [0.2, 0.25) is 58.9 Å². The van der Waals surface area contributed by atoms with Gasteiger partial charge in [-0.2, -0.15) is 0 Å². The van der Waals surface area contributed by atoms with Crippen LogP contribution in [0.5, 0.6) is 0 Å². The van der Waals surface area contributed by atoms with Crippen LogP contribution < -0.4 is 0 Å². The predicted molar refractivity (Wildman–Crippen MR) is 111 cm³/mol. The molecule has 26 heavy (non-hydrogen) atoms. The van der Waals surface area contributed by atoms with Crippen molar-refractivity contribution in [3.63, 3.8) is 0 Å². The van der Waals surface area contributed by atoms with Gasteiger partial charge in [0, 0.05) is 6.61 Å². The number of esters is 1. The molecule has 1 heterocycles. The van der Waals surface area contributed by atoms with E-state index in [-0.39, 0.29) is 12.1 Å². The van der Waals surface area contributed by atoms with Crippen molar-refractivity contribution < 1.29 is 27.5 Å². The average Bonchev–Trinajstić information content (AvgIpc) is 2.40. The van der Waals surface area contributed by atoms with Crippen molar-refractivity contribution >= 4 is 30.9 Å². The molecule has 0 aliphatic carbocycles. The molecule has 1 rings (SSSR count). The molecule has 0 aromatic carbocycles. The lowest BCUT2D eigenvalue weighted by molar-refractivity contribution is -0.207. The summed E-state index contributed by atoms with van der Waals surface area (Å²) in [5.41, 5.74) is 0. The molecule has 0 amide bonds. The first-order valence-electron chi connectivity index (χ1n) is 9.44. The summed E-state index contributed by atoms with van der Waals surface area (Å²) in [4.78, 5) is 12.6. The van der Waals surface area contributed by atoms with Crippen LogP contribution in [0.4, 0.5) is 0 Å². The molecule has 1 fully saturated rings. The van der Waals surface area contributed by atoms with Crippen LogP contribution in [-0.2, 0) is 27.5 Å². The van der Waals surface area contributed by atoms with Gasteiger partial charge in [-0.15, -0.1) is 0 Å². The van der Waals surface area contributed by atoms with Gasteiger partial charge in [-0.05, 0) is 65.8 Å². The van der Waals surface area contributed by atoms with Crippen LogP contribution in [0, 0.1) is 0 Å². The number of carbonyl (C=O) groups excluding carboxylic acids is 1. The topological polar surface area (TPSA) is 63.2 Å². The molecule has 0 N–H and O–H groups in total. The first-order chi connectivity index (χ1) is 11.6. The Labute approximate surface area is 162 Å². The first-order valence-corrected chi connectivity index (χ1v) is 19.7. The monoisotopic (exact) mass is 422 g/mol. The second kappa shape index (κ2) is 8.97. The number of hydrogen-bond donors (Lipinski definition) is 0. The molecular formula is C17H38O6Si3. The SMILES string of the molecule is CCO[C@H]1C(=O)O[C@H](CO[Si](C)(C)C)[C@@H](O[Si](C)(C)C)[C@@H]1O[Si](C)(C)C. The standard InChI is InChI=1S/C17H38O6Si3/c1-11-19-16-15(23-26(8,9)10)14(22-25(5,6)7)13(21-17(16)18)12-20-24(2,3)4/h13-16H,11-12H2,1-10H3/t13-,14-,15+,16-/m1/s1. The lowest BCUT2D eigenvalue weighted by Crippen LogP contribution is -2.63. The second-order valence-electron chi connectivity index (χ2n) is 9.66. The summed E-state index contributed by atoms with van der Waals surface area (Å²) in [6, 6.07) is 0. The van der Waals surface area contributed by atoms with Gasteiger partial charge < -0.3 is 22.8 Å². The summed E-state index contributed by atoms with van der Waals surface area (Å²) in [5, 5.41) is 0. The van der Waals surface area contributed by atoms with Gasteiger partial charge in [0.05, 0.1) is 6.61 Å². The maximum Gasteiger partial charge on any atom is 0.338 e. The molecular weight excluding hydrogens is 384 g/mol. The molecule has 0 bridgehead atoms. The zero-order chi connectivity index (χ0) is 20.3. The molecule has 4 atom stereocenters. The van der Waals surface area contributed by atoms with Crippen LogP contribution in [0.25, 0.3) is 0 Å². The van der Waals surface area contributed by atoms with Crippen molar-refractivity contribution in [2.24, 2.45) is 0 Å². The van der Waals surface area contributed by atoms with Crippen LogP contribution in [-0.4, -0.2) is 68.6 Å². The Kier molecular flexibility index (Phi) is 8.28. The maximum atomic E-state index is 12.6. The highest BCUT2D eigenvalue weighted by molar-refractivity contribution is 6.70. The van der Waals surface area contributed by atoms with Gasteiger partial charge in [0.2, 0.25) is 0 Å². The molecule has 1 aliphatic rings. The summed E-state index contributed by atoms with van der Waals surface area (Å²) in [7, 11) is -5.60. The number of rotatable bonds is 9. The fourth-order valence-corrected chi connectivity index (χ4v) is 5.53. The Bertz CT molecular complexity index is 467. The molecule has 0 unspecified atom stereocenters. The number of hydrogen-bond acceptors (Lipinski definition) is 6. The average molecular weight is 423 g/mol. The molecule has 0 saturated carbocycles. The van der Waals surface area contributed by atoms with Crippen molar-refractivity contribution in [3.8, 4) is 0 Å². The molecule has 6 nitrogen and oxygen atoms in total. The fraction of sp³-hybridized carbons (Fsp3) is 0.941. The summed E-state index contributed by atoms with van der Waals surface area (Å²) in [6.07, 6.45) is -2.07. The zero-order valence-electron chi connectivity index (χ0n) is 18.2. The van der Waals surface area contributed by atoms with Gasteiger partial charge in [0.25, 0.3) is 0 Å². The predicted octanol–water partition coefficient (Wildman–Crippen LogP) is 3.61. The lowest BCUT2D eigenvalue weighted by Gasteiger charge is -2.45. The number of cyclic esters (lactones) is 1. The molecule has 1 saturated heterocycles. The van der Waals surface area contributed by atoms with Crippen molar-refractivity contribution in [2.75, 3.05) is 13.2 Å². The van der Waals surface area contributed by atoms with Gasteiger partial charge in [-0.25, -0.2) is 4.79 Å². The van der Waals surface area contributed by atoms with E-state index in [1.165, 1.54) is 0 Å². The molecule has 0 radical (unpaired) electrons. The van der Waals surface area contributed by atoms with Gasteiger partial charge >= 0.3 is 5.97 Å². The quantitative estimate of drug-likeness (QED) is 0.418. The first kappa shape index (κ1) is 24.0. The van der Waals surface area contributed by atoms with Gasteiger partial charge in [-0.3, -0.25) is 0 Å². The minimum atomic E-state index is -1.94. The summed E-state index contributed by atoms with van der Waals surface area (Å²) in [6.45, 7) is 21.7. The van der Waals surface area contributed by atoms with Crippen molar-refractivity contribution in [3.05, 3.63) is 0 Å². The van der Waals surface area contributed by atoms with E-state index in [1.807, 2.05) is 6.92 Å². The Morgan fingerprint density at radius 2 is 1.35 bits per heavy atom. The Morgan fingerprint density at radius 3 is 1.77 bits per heavy atom. The van der Waals surface area contributed by atoms with Crippen molar-refractivity contribution in [1.29, 1.82) is 0 Å². The van der Waals surface area contributed by atoms with E-state index in [2.05, 4.69) is 58.9 Å². The Hall–Kier alpha value is -0.0394. The van der Waals surface area contributed by atoms with Crippen molar-refractivity contribution in [1.82, 2.24) is 0 Å². The van der Waals surface area contributed by atoms with Crippen molar-refractivity contribution in [2.45, 2.75) is 90.3 Å². The molecule has 0 spiro atoms. The number of ether oxygens (including phenoxy) is 2. The van der Waals surface area contributed by atoms with Gasteiger partial charge in [0.15, 0.2) is 37.2 Å². The lowest BCUT2D eigenvalue weighted by atomic mass is 10.00. The fourth-order valence-electron chi connectivity index (χ4n) is 2.69. The minimum Gasteiger partial charge on any atom is -0.455 e. The third-order valence-electron chi connectivity index (χ3n) is 3.49. The smallest absolute Gasteiger partial charge is 0.338 e. The van der Waals surface area contributed by atoms with E-state index < -0.39 is 43.3 Å². The van der Waals surface area contributed by atoms with Gasteiger partial charge in [-0.1, -0.05) is 0 Å². The highest BCUT2D eigenvalue weighted by Gasteiger charge is 2.51. The molecule has 0 aromatic heterocycles. The van der Waals surface area contributed by atoms with Crippen LogP contribution in [0.1, 0.15) is 6.92 Å². The molecule has 1 aliphatic heterocycles. The maximum absolute atomic E-state index is 12.6. The van der Waals surface area contributed by atoms with E-state index in [9.17, 15) is 4.79 Å². The summed E-state index contributed by atoms with van der Waals surface area (Å²) < 4.78 is 30.3. The third kappa shape index (κ3) is 8.32. The van der Waals surface area contributed by atoms with E-state index in [1.54, 1.807) is 0 Å². The molecule has 0 aromatic rings. The Balaban J connectivity index is 3.18. The largest absolute Gasteiger partial charge is 0.455 e. The second-order valence-corrected chi connectivity index (χ2v) is 23.1. The third-order valence-corrected chi connectivity index (χ3v) is 6.49. The molecule has 154 valence electrons. The van der Waals surface area contributed by atoms with E-state index in [0.29, 0.717) is 13.2 Å². The Morgan fingerprint density at radius 1 is 0.846 bits per heavy atom. The van der Waals surface area contributed by atoms with Crippen LogP contribution in [0.15, 0.2) is 0 Å².